The van der Waals surface area contributed by atoms with Crippen molar-refractivity contribution in [3.8, 4) is 17.2 Å². The van der Waals surface area contributed by atoms with E-state index in [0.717, 1.165) is 5.56 Å². The molecule has 0 heterocycles. The third kappa shape index (κ3) is 6.49. The third-order valence-corrected chi connectivity index (χ3v) is 4.62. The van der Waals surface area contributed by atoms with E-state index in [0.29, 0.717) is 53.2 Å². The normalized spacial score (nSPS) is 10.7. The molecule has 0 radical (unpaired) electrons. The first-order valence-electron chi connectivity index (χ1n) is 10.3. The van der Waals surface area contributed by atoms with Gasteiger partial charge in [0.05, 0.1) is 19.4 Å². The number of carbonyl (C=O) groups excluding carboxylic acids is 1. The van der Waals surface area contributed by atoms with Crippen LogP contribution in [0.1, 0.15) is 35.3 Å². The first kappa shape index (κ1) is 23.2. The van der Waals surface area contributed by atoms with Crippen molar-refractivity contribution in [1.82, 2.24) is 5.43 Å². The highest BCUT2D eigenvalue weighted by molar-refractivity contribution is 6.30. The number of rotatable bonds is 10. The van der Waals surface area contributed by atoms with Gasteiger partial charge in [0.25, 0.3) is 5.91 Å². The van der Waals surface area contributed by atoms with E-state index in [1.54, 1.807) is 36.4 Å². The van der Waals surface area contributed by atoms with Crippen LogP contribution >= 0.6 is 11.6 Å². The SMILES string of the molecule is CCOc1ccc(Cl)cc1/C=N/NC(=O)c1ccc(OCc2ccccc2)c(OCC)c1. The minimum atomic E-state index is -0.378. The number of amides is 1. The van der Waals surface area contributed by atoms with E-state index in [1.165, 1.54) is 6.21 Å². The van der Waals surface area contributed by atoms with Gasteiger partial charge in [0.15, 0.2) is 11.5 Å². The molecule has 3 aromatic rings. The molecular formula is C25H25ClN2O4. The number of ether oxygens (including phenoxy) is 3. The summed E-state index contributed by atoms with van der Waals surface area (Å²) in [7, 11) is 0. The second-order valence-electron chi connectivity index (χ2n) is 6.68. The second kappa shape index (κ2) is 11.8. The predicted molar refractivity (Wildman–Crippen MR) is 126 cm³/mol. The molecule has 0 spiro atoms. The molecule has 0 saturated heterocycles. The number of halogens is 1. The Morgan fingerprint density at radius 2 is 1.62 bits per heavy atom. The van der Waals surface area contributed by atoms with Gasteiger partial charge < -0.3 is 14.2 Å². The van der Waals surface area contributed by atoms with Gasteiger partial charge in [-0.3, -0.25) is 4.79 Å². The van der Waals surface area contributed by atoms with Crippen molar-refractivity contribution in [2.24, 2.45) is 5.10 Å². The monoisotopic (exact) mass is 452 g/mol. The van der Waals surface area contributed by atoms with Crippen LogP contribution in [0.25, 0.3) is 0 Å². The number of benzene rings is 3. The zero-order valence-corrected chi connectivity index (χ0v) is 18.8. The van der Waals surface area contributed by atoms with E-state index in [1.807, 2.05) is 44.2 Å². The molecule has 32 heavy (non-hydrogen) atoms. The van der Waals surface area contributed by atoms with Gasteiger partial charge in [-0.25, -0.2) is 5.43 Å². The lowest BCUT2D eigenvalue weighted by Gasteiger charge is -2.13. The number of carbonyl (C=O) groups is 1. The summed E-state index contributed by atoms with van der Waals surface area (Å²) >= 11 is 6.05. The second-order valence-corrected chi connectivity index (χ2v) is 7.12. The van der Waals surface area contributed by atoms with Crippen molar-refractivity contribution in [3.05, 3.63) is 88.4 Å². The fourth-order valence-electron chi connectivity index (χ4n) is 2.90. The minimum absolute atomic E-state index is 0.378. The lowest BCUT2D eigenvalue weighted by molar-refractivity contribution is 0.0954. The van der Waals surface area contributed by atoms with Crippen molar-refractivity contribution in [2.75, 3.05) is 13.2 Å². The molecule has 3 rings (SSSR count). The Bertz CT molecular complexity index is 1070. The van der Waals surface area contributed by atoms with Crippen molar-refractivity contribution < 1.29 is 19.0 Å². The van der Waals surface area contributed by atoms with E-state index < -0.39 is 0 Å². The molecule has 0 bridgehead atoms. The molecule has 7 heteroatoms. The lowest BCUT2D eigenvalue weighted by Crippen LogP contribution is -2.18. The van der Waals surface area contributed by atoms with Crippen LogP contribution in [0.2, 0.25) is 5.02 Å². The van der Waals surface area contributed by atoms with Crippen molar-refractivity contribution in [1.29, 1.82) is 0 Å². The van der Waals surface area contributed by atoms with Gasteiger partial charge in [-0.1, -0.05) is 41.9 Å². The van der Waals surface area contributed by atoms with Crippen LogP contribution in [0.15, 0.2) is 71.8 Å². The van der Waals surface area contributed by atoms with Crippen LogP contribution in [0.4, 0.5) is 0 Å². The molecule has 0 saturated carbocycles. The van der Waals surface area contributed by atoms with E-state index in [9.17, 15) is 4.79 Å². The Morgan fingerprint density at radius 1 is 0.906 bits per heavy atom. The Hall–Kier alpha value is -3.51. The highest BCUT2D eigenvalue weighted by Gasteiger charge is 2.12. The number of hydrogen-bond acceptors (Lipinski definition) is 5. The van der Waals surface area contributed by atoms with Crippen LogP contribution < -0.4 is 19.6 Å². The molecule has 3 aromatic carbocycles. The van der Waals surface area contributed by atoms with Gasteiger partial charge in [0, 0.05) is 16.1 Å². The van der Waals surface area contributed by atoms with E-state index in [-0.39, 0.29) is 5.91 Å². The van der Waals surface area contributed by atoms with E-state index in [2.05, 4.69) is 10.5 Å². The van der Waals surface area contributed by atoms with Crippen LogP contribution in [-0.2, 0) is 6.61 Å². The first-order valence-corrected chi connectivity index (χ1v) is 10.7. The maximum absolute atomic E-state index is 12.6. The van der Waals surface area contributed by atoms with Gasteiger partial charge >= 0.3 is 0 Å². The Kier molecular flexibility index (Phi) is 8.52. The minimum Gasteiger partial charge on any atom is -0.493 e. The summed E-state index contributed by atoms with van der Waals surface area (Å²) < 4.78 is 17.1. The van der Waals surface area contributed by atoms with Gasteiger partial charge in [-0.05, 0) is 55.8 Å². The summed E-state index contributed by atoms with van der Waals surface area (Å²) in [6.45, 7) is 5.12. The van der Waals surface area contributed by atoms with E-state index >= 15 is 0 Å². The summed E-state index contributed by atoms with van der Waals surface area (Å²) in [6.07, 6.45) is 1.50. The zero-order valence-electron chi connectivity index (χ0n) is 18.0. The largest absolute Gasteiger partial charge is 0.493 e. The fourth-order valence-corrected chi connectivity index (χ4v) is 3.08. The van der Waals surface area contributed by atoms with Crippen molar-refractivity contribution in [3.63, 3.8) is 0 Å². The molecule has 6 nitrogen and oxygen atoms in total. The third-order valence-electron chi connectivity index (χ3n) is 4.38. The van der Waals surface area contributed by atoms with Crippen LogP contribution in [0.3, 0.4) is 0 Å². The molecular weight excluding hydrogens is 428 g/mol. The van der Waals surface area contributed by atoms with Crippen molar-refractivity contribution in [2.45, 2.75) is 20.5 Å². The van der Waals surface area contributed by atoms with Crippen molar-refractivity contribution >= 4 is 23.7 Å². The standard InChI is InChI=1S/C25H25ClN2O4/c1-3-30-22-13-11-21(26)14-20(22)16-27-28-25(29)19-10-12-23(24(15-19)31-4-2)32-17-18-8-6-5-7-9-18/h5-16H,3-4,17H2,1-2H3,(H,28,29)/b27-16+. The lowest BCUT2D eigenvalue weighted by atomic mass is 10.2. The summed E-state index contributed by atoms with van der Waals surface area (Å²) in [5.41, 5.74) is 4.62. The number of hydrazone groups is 1. The maximum Gasteiger partial charge on any atom is 0.271 e. The van der Waals surface area contributed by atoms with Gasteiger partial charge in [-0.2, -0.15) is 5.10 Å². The Balaban J connectivity index is 1.69. The molecule has 1 amide bonds. The first-order chi connectivity index (χ1) is 15.6. The van der Waals surface area contributed by atoms with Crippen LogP contribution in [0, 0.1) is 0 Å². The number of nitrogens with one attached hydrogen (secondary N) is 1. The summed E-state index contributed by atoms with van der Waals surface area (Å²) in [5.74, 6) is 1.31. The number of nitrogens with zero attached hydrogens (tertiary/aromatic N) is 1. The molecule has 0 unspecified atom stereocenters. The molecule has 0 aliphatic carbocycles. The molecule has 1 N–H and O–H groups in total. The average Bonchev–Trinajstić information content (AvgIpc) is 2.81. The summed E-state index contributed by atoms with van der Waals surface area (Å²) in [4.78, 5) is 12.6. The molecule has 0 fully saturated rings. The molecule has 0 aliphatic heterocycles. The van der Waals surface area contributed by atoms with Gasteiger partial charge in [0.2, 0.25) is 0 Å². The zero-order chi connectivity index (χ0) is 22.8. The molecule has 166 valence electrons. The Labute approximate surface area is 192 Å². The van der Waals surface area contributed by atoms with Gasteiger partial charge in [0.1, 0.15) is 12.4 Å². The fraction of sp³-hybridized carbons (Fsp3) is 0.200. The van der Waals surface area contributed by atoms with Gasteiger partial charge in [-0.15, -0.1) is 0 Å². The molecule has 0 aliphatic rings. The molecule has 0 aromatic heterocycles. The highest BCUT2D eigenvalue weighted by Crippen LogP contribution is 2.29. The predicted octanol–water partition coefficient (Wildman–Crippen LogP) is 5.48. The summed E-state index contributed by atoms with van der Waals surface area (Å²) in [5, 5.41) is 4.59. The quantitative estimate of drug-likeness (QED) is 0.326. The smallest absolute Gasteiger partial charge is 0.271 e. The highest BCUT2D eigenvalue weighted by atomic mass is 35.5. The molecule has 0 atom stereocenters. The average molecular weight is 453 g/mol. The summed E-state index contributed by atoms with van der Waals surface area (Å²) in [6, 6.07) is 20.1. The topological polar surface area (TPSA) is 69.2 Å². The number of hydrogen-bond donors (Lipinski definition) is 1. The van der Waals surface area contributed by atoms with Crippen LogP contribution in [0.5, 0.6) is 17.2 Å². The Morgan fingerprint density at radius 3 is 2.38 bits per heavy atom. The maximum atomic E-state index is 12.6. The van der Waals surface area contributed by atoms with E-state index in [4.69, 9.17) is 25.8 Å². The van der Waals surface area contributed by atoms with Crippen LogP contribution in [-0.4, -0.2) is 25.3 Å².